The van der Waals surface area contributed by atoms with Gasteiger partial charge in [0.25, 0.3) is 5.91 Å². The van der Waals surface area contributed by atoms with E-state index in [1.807, 2.05) is 31.2 Å². The third kappa shape index (κ3) is 4.66. The molecule has 0 aliphatic carbocycles. The summed E-state index contributed by atoms with van der Waals surface area (Å²) in [5, 5.41) is 2.91. The number of rotatable bonds is 5. The van der Waals surface area contributed by atoms with E-state index in [-0.39, 0.29) is 5.91 Å². The van der Waals surface area contributed by atoms with Gasteiger partial charge < -0.3 is 15.1 Å². The van der Waals surface area contributed by atoms with Gasteiger partial charge in [-0.05, 0) is 18.6 Å². The average Bonchev–Trinajstić information content (AvgIpc) is 2.78. The average molecular weight is 389 g/mol. The zero-order chi connectivity index (χ0) is 20.1. The Kier molecular flexibility index (Phi) is 5.60. The quantitative estimate of drug-likeness (QED) is 0.712. The standard InChI is InChI=1S/C21H23N7O/c1-16-4-2-5-17(12-16)13-24-19(29)18-14-25-21(26-15-18)28-10-8-27(9-11-28)20-22-6-3-7-23-20/h2-7,12,14-15H,8-11,13H2,1H3,(H,24,29). The van der Waals surface area contributed by atoms with Crippen molar-refractivity contribution in [2.75, 3.05) is 36.0 Å². The normalized spacial score (nSPS) is 14.0. The Hall–Kier alpha value is -3.55. The Bertz CT molecular complexity index is 954. The Balaban J connectivity index is 1.31. The summed E-state index contributed by atoms with van der Waals surface area (Å²) in [7, 11) is 0. The van der Waals surface area contributed by atoms with Crippen molar-refractivity contribution in [2.24, 2.45) is 0 Å². The molecule has 4 rings (SSSR count). The van der Waals surface area contributed by atoms with Crippen molar-refractivity contribution in [1.29, 1.82) is 0 Å². The second-order valence-electron chi connectivity index (χ2n) is 6.97. The molecule has 1 N–H and O–H groups in total. The Morgan fingerprint density at radius 1 is 0.931 bits per heavy atom. The van der Waals surface area contributed by atoms with Gasteiger partial charge in [0, 0.05) is 57.5 Å². The van der Waals surface area contributed by atoms with E-state index < -0.39 is 0 Å². The molecule has 0 bridgehead atoms. The van der Waals surface area contributed by atoms with Crippen LogP contribution in [-0.4, -0.2) is 52.0 Å². The van der Waals surface area contributed by atoms with Gasteiger partial charge in [-0.1, -0.05) is 29.8 Å². The number of hydrogen-bond donors (Lipinski definition) is 1. The first-order valence-corrected chi connectivity index (χ1v) is 9.62. The predicted octanol–water partition coefficient (Wildman–Crippen LogP) is 1.83. The van der Waals surface area contributed by atoms with E-state index in [2.05, 4.69) is 41.1 Å². The molecule has 0 spiro atoms. The second kappa shape index (κ2) is 8.64. The van der Waals surface area contributed by atoms with Crippen LogP contribution >= 0.6 is 0 Å². The van der Waals surface area contributed by atoms with Crippen molar-refractivity contribution in [3.63, 3.8) is 0 Å². The van der Waals surface area contributed by atoms with Crippen LogP contribution in [0.3, 0.4) is 0 Å². The second-order valence-corrected chi connectivity index (χ2v) is 6.97. The molecule has 1 aromatic carbocycles. The maximum absolute atomic E-state index is 12.4. The van der Waals surface area contributed by atoms with Gasteiger partial charge in [-0.25, -0.2) is 19.9 Å². The van der Waals surface area contributed by atoms with Gasteiger partial charge in [0.2, 0.25) is 11.9 Å². The molecular weight excluding hydrogens is 366 g/mol. The molecule has 3 aromatic rings. The molecule has 0 atom stereocenters. The first kappa shape index (κ1) is 18.8. The lowest BCUT2D eigenvalue weighted by Gasteiger charge is -2.34. The Labute approximate surface area is 169 Å². The topological polar surface area (TPSA) is 87.1 Å². The minimum Gasteiger partial charge on any atom is -0.348 e. The fraction of sp³-hybridized carbons (Fsp3) is 0.286. The molecule has 0 saturated carbocycles. The molecule has 0 radical (unpaired) electrons. The molecule has 29 heavy (non-hydrogen) atoms. The number of piperazine rings is 1. The summed E-state index contributed by atoms with van der Waals surface area (Å²) >= 11 is 0. The lowest BCUT2D eigenvalue weighted by Crippen LogP contribution is -2.47. The van der Waals surface area contributed by atoms with Crippen molar-refractivity contribution in [3.05, 3.63) is 71.8 Å². The van der Waals surface area contributed by atoms with Crippen LogP contribution in [0.5, 0.6) is 0 Å². The molecule has 8 heteroatoms. The highest BCUT2D eigenvalue weighted by atomic mass is 16.1. The smallest absolute Gasteiger partial charge is 0.254 e. The number of carbonyl (C=O) groups excluding carboxylic acids is 1. The number of anilines is 2. The number of benzene rings is 1. The maximum atomic E-state index is 12.4. The molecule has 1 fully saturated rings. The SMILES string of the molecule is Cc1cccc(CNC(=O)c2cnc(N3CCN(c4ncccn4)CC3)nc2)c1. The van der Waals surface area contributed by atoms with Crippen LogP contribution in [0, 0.1) is 6.92 Å². The van der Waals surface area contributed by atoms with Gasteiger partial charge in [-0.15, -0.1) is 0 Å². The number of aryl methyl sites for hydroxylation is 1. The van der Waals surface area contributed by atoms with E-state index in [0.29, 0.717) is 18.1 Å². The number of nitrogens with one attached hydrogen (secondary N) is 1. The third-order valence-corrected chi connectivity index (χ3v) is 4.83. The molecule has 0 unspecified atom stereocenters. The molecule has 1 aliphatic rings. The van der Waals surface area contributed by atoms with Gasteiger partial charge in [-0.3, -0.25) is 4.79 Å². The summed E-state index contributed by atoms with van der Waals surface area (Å²) in [5.41, 5.74) is 2.69. The predicted molar refractivity (Wildman–Crippen MR) is 111 cm³/mol. The number of amides is 1. The zero-order valence-electron chi connectivity index (χ0n) is 16.3. The summed E-state index contributed by atoms with van der Waals surface area (Å²) in [5.74, 6) is 1.20. The van der Waals surface area contributed by atoms with Crippen LogP contribution in [0.25, 0.3) is 0 Å². The highest BCUT2D eigenvalue weighted by molar-refractivity contribution is 5.93. The molecule has 2 aromatic heterocycles. The minimum absolute atomic E-state index is 0.177. The van der Waals surface area contributed by atoms with Crippen LogP contribution in [0.2, 0.25) is 0 Å². The maximum Gasteiger partial charge on any atom is 0.254 e. The summed E-state index contributed by atoms with van der Waals surface area (Å²) in [6, 6.07) is 9.88. The monoisotopic (exact) mass is 389 g/mol. The number of carbonyl (C=O) groups is 1. The van der Waals surface area contributed by atoms with E-state index in [1.54, 1.807) is 24.8 Å². The molecule has 1 amide bonds. The van der Waals surface area contributed by atoms with E-state index in [9.17, 15) is 4.79 Å². The van der Waals surface area contributed by atoms with Gasteiger partial charge in [0.05, 0.1) is 5.56 Å². The first-order valence-electron chi connectivity index (χ1n) is 9.62. The number of aromatic nitrogens is 4. The Morgan fingerprint density at radius 2 is 1.55 bits per heavy atom. The van der Waals surface area contributed by atoms with Crippen molar-refractivity contribution in [3.8, 4) is 0 Å². The van der Waals surface area contributed by atoms with Gasteiger partial charge >= 0.3 is 0 Å². The lowest BCUT2D eigenvalue weighted by molar-refractivity contribution is 0.0950. The van der Waals surface area contributed by atoms with E-state index >= 15 is 0 Å². The highest BCUT2D eigenvalue weighted by Gasteiger charge is 2.20. The largest absolute Gasteiger partial charge is 0.348 e. The summed E-state index contributed by atoms with van der Waals surface area (Å²) in [6.45, 7) is 5.66. The van der Waals surface area contributed by atoms with Gasteiger partial charge in [0.15, 0.2) is 0 Å². The van der Waals surface area contributed by atoms with Crippen molar-refractivity contribution < 1.29 is 4.79 Å². The third-order valence-electron chi connectivity index (χ3n) is 4.83. The number of nitrogens with zero attached hydrogens (tertiary/aromatic N) is 6. The number of hydrogen-bond acceptors (Lipinski definition) is 7. The first-order chi connectivity index (χ1) is 14.2. The van der Waals surface area contributed by atoms with Crippen LogP contribution in [0.1, 0.15) is 21.5 Å². The zero-order valence-corrected chi connectivity index (χ0v) is 16.3. The lowest BCUT2D eigenvalue weighted by atomic mass is 10.1. The highest BCUT2D eigenvalue weighted by Crippen LogP contribution is 2.14. The van der Waals surface area contributed by atoms with Crippen molar-refractivity contribution in [1.82, 2.24) is 25.3 Å². The van der Waals surface area contributed by atoms with Crippen LogP contribution in [0.15, 0.2) is 55.1 Å². The van der Waals surface area contributed by atoms with Crippen LogP contribution < -0.4 is 15.1 Å². The van der Waals surface area contributed by atoms with Crippen molar-refractivity contribution >= 4 is 17.8 Å². The summed E-state index contributed by atoms with van der Waals surface area (Å²) in [4.78, 5) is 34.0. The fourth-order valence-corrected chi connectivity index (χ4v) is 3.27. The summed E-state index contributed by atoms with van der Waals surface area (Å²) in [6.07, 6.45) is 6.67. The van der Waals surface area contributed by atoms with Gasteiger partial charge in [0.1, 0.15) is 0 Å². The van der Waals surface area contributed by atoms with Crippen molar-refractivity contribution in [2.45, 2.75) is 13.5 Å². The molecule has 3 heterocycles. The molecule has 1 aliphatic heterocycles. The van der Waals surface area contributed by atoms with Crippen LogP contribution in [-0.2, 0) is 6.54 Å². The van der Waals surface area contributed by atoms with Crippen LogP contribution in [0.4, 0.5) is 11.9 Å². The van der Waals surface area contributed by atoms with E-state index in [4.69, 9.17) is 0 Å². The summed E-state index contributed by atoms with van der Waals surface area (Å²) < 4.78 is 0. The molecular formula is C21H23N7O. The molecule has 8 nitrogen and oxygen atoms in total. The fourth-order valence-electron chi connectivity index (χ4n) is 3.27. The molecule has 148 valence electrons. The van der Waals surface area contributed by atoms with Gasteiger partial charge in [-0.2, -0.15) is 0 Å². The van der Waals surface area contributed by atoms with E-state index in [0.717, 1.165) is 37.7 Å². The molecule has 1 saturated heterocycles. The minimum atomic E-state index is -0.177. The van der Waals surface area contributed by atoms with E-state index in [1.165, 1.54) is 5.56 Å². The Morgan fingerprint density at radius 3 is 2.17 bits per heavy atom.